The van der Waals surface area contributed by atoms with Gasteiger partial charge in [0, 0.05) is 12.5 Å². The molecule has 0 atom stereocenters. The number of aromatic nitrogens is 2. The number of anilines is 1. The second kappa shape index (κ2) is 3.57. The molecule has 1 aliphatic rings. The Labute approximate surface area is 106 Å². The molecule has 1 aliphatic heterocycles. The van der Waals surface area contributed by atoms with Crippen molar-refractivity contribution in [3.8, 4) is 5.69 Å². The Morgan fingerprint density at radius 1 is 1.39 bits per heavy atom. The highest BCUT2D eigenvalue weighted by Crippen LogP contribution is 2.37. The second-order valence-electron chi connectivity index (χ2n) is 5.16. The average molecular weight is 245 g/mol. The Morgan fingerprint density at radius 3 is 2.89 bits per heavy atom. The minimum Gasteiger partial charge on any atom is -0.373 e. The standard InChI is InChI=1S/C14H16FN3/c1-4-13-16-8-12-14(2,3)17-10-6-5-9(15)7-11(10)18(12)13/h5-8,17H,4H2,1-3H3. The van der Waals surface area contributed by atoms with Crippen LogP contribution in [0.4, 0.5) is 10.1 Å². The van der Waals surface area contributed by atoms with E-state index < -0.39 is 0 Å². The van der Waals surface area contributed by atoms with Crippen molar-refractivity contribution in [1.29, 1.82) is 0 Å². The molecule has 1 aromatic heterocycles. The van der Waals surface area contributed by atoms with Crippen molar-refractivity contribution in [1.82, 2.24) is 9.55 Å². The maximum absolute atomic E-state index is 13.5. The molecule has 1 N–H and O–H groups in total. The molecule has 0 spiro atoms. The van der Waals surface area contributed by atoms with E-state index in [0.29, 0.717) is 0 Å². The lowest BCUT2D eigenvalue weighted by Gasteiger charge is -2.35. The van der Waals surface area contributed by atoms with Crippen LogP contribution < -0.4 is 5.32 Å². The molecule has 4 heteroatoms. The third kappa shape index (κ3) is 1.45. The van der Waals surface area contributed by atoms with E-state index in [-0.39, 0.29) is 11.4 Å². The zero-order valence-electron chi connectivity index (χ0n) is 10.8. The number of benzene rings is 1. The van der Waals surface area contributed by atoms with E-state index in [1.165, 1.54) is 6.07 Å². The molecule has 0 saturated heterocycles. The molecule has 0 fully saturated rings. The van der Waals surface area contributed by atoms with Crippen molar-refractivity contribution >= 4 is 5.69 Å². The van der Waals surface area contributed by atoms with E-state index in [1.807, 2.05) is 6.20 Å². The fraction of sp³-hybridized carbons (Fsp3) is 0.357. The monoisotopic (exact) mass is 245 g/mol. The summed E-state index contributed by atoms with van der Waals surface area (Å²) in [4.78, 5) is 4.44. The molecule has 0 radical (unpaired) electrons. The SMILES string of the molecule is CCc1ncc2n1-c1cc(F)ccc1NC2(C)C. The first-order chi connectivity index (χ1) is 8.53. The Hall–Kier alpha value is -1.84. The molecule has 18 heavy (non-hydrogen) atoms. The fourth-order valence-electron chi connectivity index (χ4n) is 2.55. The molecule has 2 aromatic rings. The number of hydrogen-bond donors (Lipinski definition) is 1. The molecule has 0 unspecified atom stereocenters. The van der Waals surface area contributed by atoms with Crippen molar-refractivity contribution in [2.75, 3.05) is 5.32 Å². The van der Waals surface area contributed by atoms with Crippen LogP contribution in [-0.2, 0) is 12.0 Å². The van der Waals surface area contributed by atoms with Gasteiger partial charge in [-0.1, -0.05) is 6.92 Å². The minimum atomic E-state index is -0.225. The van der Waals surface area contributed by atoms with Crippen LogP contribution in [0.25, 0.3) is 5.69 Å². The van der Waals surface area contributed by atoms with Crippen molar-refractivity contribution in [2.24, 2.45) is 0 Å². The van der Waals surface area contributed by atoms with Crippen LogP contribution >= 0.6 is 0 Å². The van der Waals surface area contributed by atoms with Crippen LogP contribution in [0.5, 0.6) is 0 Å². The summed E-state index contributed by atoms with van der Waals surface area (Å²) in [7, 11) is 0. The molecule has 0 bridgehead atoms. The molecule has 2 heterocycles. The first-order valence-corrected chi connectivity index (χ1v) is 6.18. The number of halogens is 1. The van der Waals surface area contributed by atoms with Crippen LogP contribution in [0.3, 0.4) is 0 Å². The lowest BCUT2D eigenvalue weighted by Crippen LogP contribution is -2.35. The van der Waals surface area contributed by atoms with Gasteiger partial charge >= 0.3 is 0 Å². The number of rotatable bonds is 1. The summed E-state index contributed by atoms with van der Waals surface area (Å²) in [6, 6.07) is 4.83. The van der Waals surface area contributed by atoms with Gasteiger partial charge in [0.05, 0.1) is 28.8 Å². The van der Waals surface area contributed by atoms with Gasteiger partial charge in [-0.3, -0.25) is 4.57 Å². The summed E-state index contributed by atoms with van der Waals surface area (Å²) in [5, 5.41) is 3.43. The summed E-state index contributed by atoms with van der Waals surface area (Å²) in [6.07, 6.45) is 2.70. The largest absolute Gasteiger partial charge is 0.373 e. The van der Waals surface area contributed by atoms with E-state index in [9.17, 15) is 4.39 Å². The zero-order chi connectivity index (χ0) is 12.9. The maximum Gasteiger partial charge on any atom is 0.125 e. The number of nitrogens with one attached hydrogen (secondary N) is 1. The Morgan fingerprint density at radius 2 is 2.17 bits per heavy atom. The first-order valence-electron chi connectivity index (χ1n) is 6.18. The highest BCUT2D eigenvalue weighted by atomic mass is 19.1. The van der Waals surface area contributed by atoms with E-state index in [2.05, 4.69) is 35.6 Å². The summed E-state index contributed by atoms with van der Waals surface area (Å²) in [5.74, 6) is 0.739. The third-order valence-electron chi connectivity index (χ3n) is 3.44. The second-order valence-corrected chi connectivity index (χ2v) is 5.16. The van der Waals surface area contributed by atoms with Crippen molar-refractivity contribution in [3.63, 3.8) is 0 Å². The normalized spacial score (nSPS) is 15.8. The smallest absolute Gasteiger partial charge is 0.125 e. The van der Waals surface area contributed by atoms with E-state index >= 15 is 0 Å². The predicted octanol–water partition coefficient (Wildman–Crippen LogP) is 3.23. The summed E-state index contributed by atoms with van der Waals surface area (Å²) < 4.78 is 15.5. The summed E-state index contributed by atoms with van der Waals surface area (Å²) in [6.45, 7) is 6.27. The maximum atomic E-state index is 13.5. The molecular formula is C14H16FN3. The number of nitrogens with zero attached hydrogens (tertiary/aromatic N) is 2. The molecular weight excluding hydrogens is 229 g/mol. The van der Waals surface area contributed by atoms with Gasteiger partial charge in [0.2, 0.25) is 0 Å². The highest BCUT2D eigenvalue weighted by Gasteiger charge is 2.32. The average Bonchev–Trinajstić information content (AvgIpc) is 2.75. The van der Waals surface area contributed by atoms with Crippen LogP contribution in [0.1, 0.15) is 32.3 Å². The first kappa shape index (κ1) is 11.3. The predicted molar refractivity (Wildman–Crippen MR) is 69.5 cm³/mol. The highest BCUT2D eigenvalue weighted by molar-refractivity contribution is 5.66. The topological polar surface area (TPSA) is 29.9 Å². The van der Waals surface area contributed by atoms with Crippen molar-refractivity contribution < 1.29 is 4.39 Å². The van der Waals surface area contributed by atoms with Gasteiger partial charge in [-0.05, 0) is 26.0 Å². The molecule has 0 saturated carbocycles. The number of imidazole rings is 1. The van der Waals surface area contributed by atoms with Gasteiger partial charge in [0.1, 0.15) is 11.6 Å². The molecule has 0 amide bonds. The molecule has 3 rings (SSSR count). The molecule has 1 aromatic carbocycles. The number of aryl methyl sites for hydroxylation is 1. The summed E-state index contributed by atoms with van der Waals surface area (Å²) >= 11 is 0. The van der Waals surface area contributed by atoms with E-state index in [0.717, 1.165) is 29.3 Å². The molecule has 3 nitrogen and oxygen atoms in total. The fourth-order valence-corrected chi connectivity index (χ4v) is 2.55. The van der Waals surface area contributed by atoms with Gasteiger partial charge < -0.3 is 5.32 Å². The van der Waals surface area contributed by atoms with Gasteiger partial charge in [-0.25, -0.2) is 9.37 Å². The Bertz CT molecular complexity index is 613. The molecule has 0 aliphatic carbocycles. The quantitative estimate of drug-likeness (QED) is 0.836. The van der Waals surface area contributed by atoms with Crippen LogP contribution in [0, 0.1) is 5.82 Å². The minimum absolute atomic E-state index is 0.203. The van der Waals surface area contributed by atoms with Gasteiger partial charge in [0.15, 0.2) is 0 Å². The van der Waals surface area contributed by atoms with Crippen LogP contribution in [0.2, 0.25) is 0 Å². The molecule has 94 valence electrons. The van der Waals surface area contributed by atoms with Crippen molar-refractivity contribution in [2.45, 2.75) is 32.7 Å². The number of hydrogen-bond acceptors (Lipinski definition) is 2. The Balaban J connectivity index is 2.33. The van der Waals surface area contributed by atoms with Crippen LogP contribution in [-0.4, -0.2) is 9.55 Å². The zero-order valence-corrected chi connectivity index (χ0v) is 10.8. The lowest BCUT2D eigenvalue weighted by molar-refractivity contribution is 0.552. The van der Waals surface area contributed by atoms with Gasteiger partial charge in [0.25, 0.3) is 0 Å². The third-order valence-corrected chi connectivity index (χ3v) is 3.44. The van der Waals surface area contributed by atoms with Crippen molar-refractivity contribution in [3.05, 3.63) is 41.7 Å². The van der Waals surface area contributed by atoms with E-state index in [1.54, 1.807) is 12.1 Å². The van der Waals surface area contributed by atoms with Gasteiger partial charge in [-0.15, -0.1) is 0 Å². The van der Waals surface area contributed by atoms with Gasteiger partial charge in [-0.2, -0.15) is 0 Å². The van der Waals surface area contributed by atoms with Crippen LogP contribution in [0.15, 0.2) is 24.4 Å². The number of fused-ring (bicyclic) bond motifs is 3. The van der Waals surface area contributed by atoms with E-state index in [4.69, 9.17) is 0 Å². The summed E-state index contributed by atoms with van der Waals surface area (Å²) in [5.41, 5.74) is 2.66. The Kier molecular flexibility index (Phi) is 2.24. The lowest BCUT2D eigenvalue weighted by atomic mass is 9.97.